The van der Waals surface area contributed by atoms with Crippen molar-refractivity contribution in [3.05, 3.63) is 24.3 Å². The van der Waals surface area contributed by atoms with Crippen LogP contribution < -0.4 is 0 Å². The van der Waals surface area contributed by atoms with Crippen molar-refractivity contribution in [2.75, 3.05) is 19.8 Å². The zero-order valence-electron chi connectivity index (χ0n) is 10.8. The first-order chi connectivity index (χ1) is 8.00. The van der Waals surface area contributed by atoms with Crippen molar-refractivity contribution in [1.29, 1.82) is 0 Å². The molecule has 0 N–H and O–H groups in total. The van der Waals surface area contributed by atoms with E-state index in [1.54, 1.807) is 0 Å². The lowest BCUT2D eigenvalue weighted by atomic mass is 10.3. The molecule has 0 aromatic carbocycles. The molecule has 0 aromatic rings. The van der Waals surface area contributed by atoms with Crippen molar-refractivity contribution in [2.45, 2.75) is 26.8 Å². The second-order valence-electron chi connectivity index (χ2n) is 4.19. The molecule has 17 heavy (non-hydrogen) atoms. The fourth-order valence-electron chi connectivity index (χ4n) is 1.30. The molecule has 94 valence electrons. The molecule has 0 radical (unpaired) electrons. The van der Waals surface area contributed by atoms with E-state index in [9.17, 15) is 0 Å². The van der Waals surface area contributed by atoms with E-state index in [1.165, 1.54) is 0 Å². The predicted molar refractivity (Wildman–Crippen MR) is 70.7 cm³/mol. The van der Waals surface area contributed by atoms with Crippen LogP contribution in [0.5, 0.6) is 0 Å². The third kappa shape index (κ3) is 4.43. The molecule has 0 aliphatic carbocycles. The second-order valence-corrected chi connectivity index (χ2v) is 4.19. The first kappa shape index (κ1) is 13.5. The molecule has 2 aliphatic heterocycles. The molecular formula is C13H20N2O2. The highest BCUT2D eigenvalue weighted by molar-refractivity contribution is 5.93. The Morgan fingerprint density at radius 2 is 1.82 bits per heavy atom. The summed E-state index contributed by atoms with van der Waals surface area (Å²) in [7, 11) is 0. The van der Waals surface area contributed by atoms with Crippen molar-refractivity contribution in [2.24, 2.45) is 9.98 Å². The maximum absolute atomic E-state index is 5.18. The van der Waals surface area contributed by atoms with Crippen molar-refractivity contribution >= 4 is 11.8 Å². The molecule has 0 bridgehead atoms. The largest absolute Gasteiger partial charge is 0.476 e. The number of rotatable bonds is 2. The minimum atomic E-state index is 0.316. The van der Waals surface area contributed by atoms with Crippen LogP contribution in [-0.2, 0) is 9.47 Å². The smallest absolute Gasteiger partial charge is 0.211 e. The van der Waals surface area contributed by atoms with Gasteiger partial charge in [-0.15, -0.1) is 0 Å². The van der Waals surface area contributed by atoms with Gasteiger partial charge in [-0.2, -0.15) is 0 Å². The van der Waals surface area contributed by atoms with Gasteiger partial charge < -0.3 is 9.47 Å². The summed E-state index contributed by atoms with van der Waals surface area (Å²) in [6.07, 6.45) is 0. The van der Waals surface area contributed by atoms with Crippen molar-refractivity contribution in [1.82, 2.24) is 0 Å². The Kier molecular flexibility index (Phi) is 4.94. The Balaban J connectivity index is 0.000000171. The molecule has 2 heterocycles. The average molecular weight is 236 g/mol. The number of hydrogen-bond donors (Lipinski definition) is 0. The zero-order valence-corrected chi connectivity index (χ0v) is 10.8. The summed E-state index contributed by atoms with van der Waals surface area (Å²) in [6.45, 7) is 15.4. The first-order valence-electron chi connectivity index (χ1n) is 5.70. The Bertz CT molecular complexity index is 370. The van der Waals surface area contributed by atoms with E-state index < -0.39 is 0 Å². The molecule has 4 heteroatoms. The molecule has 0 fully saturated rings. The third-order valence-corrected chi connectivity index (χ3v) is 2.11. The molecular weight excluding hydrogens is 216 g/mol. The maximum atomic E-state index is 5.18. The van der Waals surface area contributed by atoms with Crippen LogP contribution in [0.4, 0.5) is 0 Å². The molecule has 0 saturated carbocycles. The van der Waals surface area contributed by atoms with Gasteiger partial charge in [0.05, 0.1) is 12.6 Å². The van der Waals surface area contributed by atoms with Gasteiger partial charge in [0, 0.05) is 11.1 Å². The average Bonchev–Trinajstić information content (AvgIpc) is 2.87. The number of aliphatic imine (C=N–C) groups is 2. The molecule has 4 nitrogen and oxygen atoms in total. The Morgan fingerprint density at radius 3 is 2.06 bits per heavy atom. The molecule has 2 rings (SSSR count). The van der Waals surface area contributed by atoms with Gasteiger partial charge in [-0.1, -0.05) is 13.2 Å². The Hall–Kier alpha value is -1.58. The Labute approximate surface area is 103 Å². The van der Waals surface area contributed by atoms with Gasteiger partial charge in [0.1, 0.15) is 13.2 Å². The lowest BCUT2D eigenvalue weighted by Crippen LogP contribution is -2.00. The van der Waals surface area contributed by atoms with Gasteiger partial charge in [-0.25, -0.2) is 9.98 Å². The highest BCUT2D eigenvalue weighted by atomic mass is 16.5. The van der Waals surface area contributed by atoms with Crippen LogP contribution in [0.25, 0.3) is 0 Å². The summed E-state index contributed by atoms with van der Waals surface area (Å²) in [5.74, 6) is 1.45. The van der Waals surface area contributed by atoms with Gasteiger partial charge in [0.2, 0.25) is 11.8 Å². The van der Waals surface area contributed by atoms with Crippen molar-refractivity contribution < 1.29 is 9.47 Å². The number of nitrogens with zero attached hydrogens (tertiary/aromatic N) is 2. The number of ether oxygens (including phenoxy) is 2. The van der Waals surface area contributed by atoms with Crippen LogP contribution in [0.15, 0.2) is 34.3 Å². The number of hydrogen-bond acceptors (Lipinski definition) is 4. The quantitative estimate of drug-likeness (QED) is 0.738. The highest BCUT2D eigenvalue weighted by Crippen LogP contribution is 2.07. The Morgan fingerprint density at radius 1 is 1.18 bits per heavy atom. The standard InChI is InChI=1S/C7H11NO.C6H9NO/c1-5(2)7-8-6(3)4-9-7;1-5(2)6-7-3-4-8-6/h6H,1,4H2,2-3H3;1,3-4H2,2H3. The summed E-state index contributed by atoms with van der Waals surface area (Å²) in [4.78, 5) is 8.21. The van der Waals surface area contributed by atoms with Crippen molar-refractivity contribution in [3.8, 4) is 0 Å². The maximum Gasteiger partial charge on any atom is 0.211 e. The molecule has 0 saturated heterocycles. The van der Waals surface area contributed by atoms with E-state index in [-0.39, 0.29) is 0 Å². The summed E-state index contributed by atoms with van der Waals surface area (Å²) in [5, 5.41) is 0. The van der Waals surface area contributed by atoms with Crippen LogP contribution in [0.2, 0.25) is 0 Å². The first-order valence-corrected chi connectivity index (χ1v) is 5.70. The molecule has 0 spiro atoms. The summed E-state index contributed by atoms with van der Waals surface area (Å²) in [5.41, 5.74) is 1.84. The van der Waals surface area contributed by atoms with Crippen LogP contribution in [0.3, 0.4) is 0 Å². The van der Waals surface area contributed by atoms with E-state index in [1.807, 2.05) is 20.8 Å². The van der Waals surface area contributed by atoms with Crippen LogP contribution in [0, 0.1) is 0 Å². The van der Waals surface area contributed by atoms with Crippen LogP contribution in [0.1, 0.15) is 20.8 Å². The zero-order chi connectivity index (χ0) is 12.8. The van der Waals surface area contributed by atoms with Crippen LogP contribution >= 0.6 is 0 Å². The van der Waals surface area contributed by atoms with Gasteiger partial charge >= 0.3 is 0 Å². The van der Waals surface area contributed by atoms with Crippen molar-refractivity contribution in [3.63, 3.8) is 0 Å². The summed E-state index contributed by atoms with van der Waals surface area (Å²) >= 11 is 0. The lowest BCUT2D eigenvalue weighted by molar-refractivity contribution is 0.323. The van der Waals surface area contributed by atoms with Gasteiger partial charge in [-0.05, 0) is 20.8 Å². The van der Waals surface area contributed by atoms with Gasteiger partial charge in [0.25, 0.3) is 0 Å². The third-order valence-electron chi connectivity index (χ3n) is 2.11. The summed E-state index contributed by atoms with van der Waals surface area (Å²) in [6, 6.07) is 0.316. The van der Waals surface area contributed by atoms with E-state index >= 15 is 0 Å². The molecule has 1 atom stereocenters. The monoisotopic (exact) mass is 236 g/mol. The van der Waals surface area contributed by atoms with Gasteiger partial charge in [0.15, 0.2) is 0 Å². The fourth-order valence-corrected chi connectivity index (χ4v) is 1.30. The molecule has 2 aliphatic rings. The molecule has 0 aromatic heterocycles. The minimum Gasteiger partial charge on any atom is -0.476 e. The lowest BCUT2D eigenvalue weighted by Gasteiger charge is -1.96. The van der Waals surface area contributed by atoms with E-state index in [0.717, 1.165) is 36.1 Å². The molecule has 0 amide bonds. The fraction of sp³-hybridized carbons (Fsp3) is 0.538. The van der Waals surface area contributed by atoms with E-state index in [0.29, 0.717) is 12.6 Å². The SMILES string of the molecule is C=C(C)C1=NC(C)CO1.C=C(C)C1=NCCO1. The topological polar surface area (TPSA) is 43.2 Å². The normalized spacial score (nSPS) is 21.5. The van der Waals surface area contributed by atoms with Crippen LogP contribution in [-0.4, -0.2) is 37.6 Å². The second kappa shape index (κ2) is 6.23. The van der Waals surface area contributed by atoms with E-state index in [2.05, 4.69) is 23.1 Å². The van der Waals surface area contributed by atoms with Gasteiger partial charge in [-0.3, -0.25) is 0 Å². The highest BCUT2D eigenvalue weighted by Gasteiger charge is 2.13. The van der Waals surface area contributed by atoms with E-state index in [4.69, 9.17) is 9.47 Å². The predicted octanol–water partition coefficient (Wildman–Crippen LogP) is 2.37. The minimum absolute atomic E-state index is 0.316. The summed E-state index contributed by atoms with van der Waals surface area (Å²) < 4.78 is 10.2. The molecule has 1 unspecified atom stereocenters.